The van der Waals surface area contributed by atoms with Gasteiger partial charge in [0.15, 0.2) is 0 Å². The maximum atomic E-state index is 13.8. The first-order chi connectivity index (χ1) is 18.0. The highest BCUT2D eigenvalue weighted by molar-refractivity contribution is 6.32. The molecule has 1 aromatic heterocycles. The summed E-state index contributed by atoms with van der Waals surface area (Å²) in [5, 5.41) is 6.27. The van der Waals surface area contributed by atoms with Gasteiger partial charge in [-0.2, -0.15) is 10.1 Å². The molecule has 182 valence electrons. The van der Waals surface area contributed by atoms with Crippen LogP contribution in [0.2, 0.25) is 5.02 Å². The quantitative estimate of drug-likeness (QED) is 0.254. The molecular formula is C31H24ClN3O2. The van der Waals surface area contributed by atoms with Gasteiger partial charge in [-0.05, 0) is 54.3 Å². The molecule has 2 atom stereocenters. The van der Waals surface area contributed by atoms with E-state index in [1.165, 1.54) is 0 Å². The van der Waals surface area contributed by atoms with Crippen LogP contribution in [0.1, 0.15) is 51.0 Å². The number of carbonyl (C=O) groups excluding carboxylic acids is 2. The second kappa shape index (κ2) is 8.02. The van der Waals surface area contributed by atoms with Gasteiger partial charge in [0.05, 0.1) is 28.8 Å². The lowest BCUT2D eigenvalue weighted by atomic mass is 9.55. The third-order valence-electron chi connectivity index (χ3n) is 8.30. The topological polar surface area (TPSA) is 54.7 Å². The number of imide groups is 1. The Morgan fingerprint density at radius 1 is 0.757 bits per heavy atom. The Morgan fingerprint density at radius 3 is 1.76 bits per heavy atom. The molecule has 5 nitrogen and oxygen atoms in total. The summed E-state index contributed by atoms with van der Waals surface area (Å²) in [6.45, 7) is 3.99. The molecule has 0 unspecified atom stereocenters. The molecule has 1 saturated heterocycles. The monoisotopic (exact) mass is 505 g/mol. The van der Waals surface area contributed by atoms with Crippen molar-refractivity contribution >= 4 is 29.6 Å². The minimum Gasteiger partial charge on any atom is -0.316 e. The highest BCUT2D eigenvalue weighted by atomic mass is 35.5. The van der Waals surface area contributed by atoms with Crippen LogP contribution in [0.25, 0.3) is 5.69 Å². The van der Waals surface area contributed by atoms with Crippen molar-refractivity contribution in [2.45, 2.75) is 25.7 Å². The molecule has 2 amide bonds. The fourth-order valence-corrected chi connectivity index (χ4v) is 7.04. The summed E-state index contributed by atoms with van der Waals surface area (Å²) in [7, 11) is 0. The molecule has 0 radical (unpaired) electrons. The van der Waals surface area contributed by atoms with E-state index in [1.807, 2.05) is 68.4 Å². The van der Waals surface area contributed by atoms with Gasteiger partial charge in [-0.3, -0.25) is 9.59 Å². The Balaban J connectivity index is 1.28. The average Bonchev–Trinajstić information content (AvgIpc) is 3.34. The fraction of sp³-hybridized carbons (Fsp3) is 0.194. The molecule has 4 aliphatic rings. The summed E-state index contributed by atoms with van der Waals surface area (Å²) in [5.74, 6) is -1.57. The van der Waals surface area contributed by atoms with Gasteiger partial charge in [0.1, 0.15) is 0 Å². The van der Waals surface area contributed by atoms with Gasteiger partial charge in [0.25, 0.3) is 11.8 Å². The van der Waals surface area contributed by atoms with Crippen LogP contribution >= 0.6 is 11.6 Å². The SMILES string of the molecule is Cc1cc(/C=N\N2C(=O)[C@@H]3C4c5ccccc5C(c5ccccc54)[C@H]3C2=O)c(C)n1-c1ccccc1Cl. The van der Waals surface area contributed by atoms with Gasteiger partial charge >= 0.3 is 0 Å². The van der Waals surface area contributed by atoms with Crippen molar-refractivity contribution in [1.82, 2.24) is 9.58 Å². The maximum absolute atomic E-state index is 13.8. The molecule has 37 heavy (non-hydrogen) atoms. The van der Waals surface area contributed by atoms with Crippen molar-refractivity contribution in [2.24, 2.45) is 16.9 Å². The number of nitrogens with zero attached hydrogens (tertiary/aromatic N) is 3. The molecule has 0 saturated carbocycles. The molecule has 2 heterocycles. The number of para-hydroxylation sites is 1. The molecular weight excluding hydrogens is 482 g/mol. The molecule has 1 fully saturated rings. The van der Waals surface area contributed by atoms with Crippen LogP contribution < -0.4 is 0 Å². The fourth-order valence-electron chi connectivity index (χ4n) is 6.82. The number of aromatic nitrogens is 1. The van der Waals surface area contributed by atoms with Crippen molar-refractivity contribution in [3.63, 3.8) is 0 Å². The smallest absolute Gasteiger partial charge is 0.254 e. The predicted octanol–water partition coefficient (Wildman–Crippen LogP) is 5.97. The third kappa shape index (κ3) is 3.01. The van der Waals surface area contributed by atoms with Crippen LogP contribution in [0, 0.1) is 25.7 Å². The number of hydrazone groups is 1. The summed E-state index contributed by atoms with van der Waals surface area (Å²) >= 11 is 6.46. The number of amides is 2. The van der Waals surface area contributed by atoms with Crippen molar-refractivity contribution < 1.29 is 9.59 Å². The Hall–Kier alpha value is -3.96. The van der Waals surface area contributed by atoms with Crippen LogP contribution in [-0.4, -0.2) is 27.6 Å². The molecule has 0 spiro atoms. The molecule has 2 bridgehead atoms. The molecule has 3 aliphatic carbocycles. The predicted molar refractivity (Wildman–Crippen MR) is 143 cm³/mol. The van der Waals surface area contributed by atoms with Gasteiger partial charge < -0.3 is 4.57 Å². The van der Waals surface area contributed by atoms with E-state index in [0.717, 1.165) is 49.9 Å². The second-order valence-electron chi connectivity index (χ2n) is 10.1. The normalized spacial score (nSPS) is 23.5. The summed E-state index contributed by atoms with van der Waals surface area (Å²) < 4.78 is 2.06. The standard InChI is InChI=1S/C31H24ClN3O2/c1-17-15-19(18(2)34(17)25-14-8-7-13-24(25)32)16-33-35-30(36)28-26-20-9-3-4-10-21(20)27(29(28)31(35)37)23-12-6-5-11-22(23)26/h3-16,26-29H,1-2H3/b33-16-/t26?,27?,28-,29-/m1/s1. The van der Waals surface area contributed by atoms with Crippen LogP contribution in [0.15, 0.2) is 84.0 Å². The van der Waals surface area contributed by atoms with Crippen LogP contribution in [-0.2, 0) is 9.59 Å². The minimum atomic E-state index is -0.435. The zero-order valence-corrected chi connectivity index (χ0v) is 21.2. The average molecular weight is 506 g/mol. The number of hydrogen-bond acceptors (Lipinski definition) is 3. The number of hydrogen-bond donors (Lipinski definition) is 0. The van der Waals surface area contributed by atoms with E-state index in [4.69, 9.17) is 11.6 Å². The first kappa shape index (κ1) is 22.3. The van der Waals surface area contributed by atoms with Crippen molar-refractivity contribution in [3.8, 4) is 5.69 Å². The van der Waals surface area contributed by atoms with E-state index in [2.05, 4.69) is 33.9 Å². The molecule has 0 N–H and O–H groups in total. The first-order valence-electron chi connectivity index (χ1n) is 12.5. The van der Waals surface area contributed by atoms with Gasteiger partial charge in [-0.15, -0.1) is 0 Å². The van der Waals surface area contributed by atoms with Gasteiger partial charge in [-0.1, -0.05) is 72.3 Å². The number of rotatable bonds is 3. The van der Waals surface area contributed by atoms with E-state index >= 15 is 0 Å². The lowest BCUT2D eigenvalue weighted by Gasteiger charge is -2.45. The van der Waals surface area contributed by atoms with Crippen LogP contribution in [0.4, 0.5) is 0 Å². The van der Waals surface area contributed by atoms with Crippen LogP contribution in [0.3, 0.4) is 0 Å². The van der Waals surface area contributed by atoms with Gasteiger partial charge in [0.2, 0.25) is 0 Å². The molecule has 8 rings (SSSR count). The summed E-state index contributed by atoms with van der Waals surface area (Å²) in [4.78, 5) is 27.5. The van der Waals surface area contributed by atoms with E-state index in [9.17, 15) is 9.59 Å². The number of carbonyl (C=O) groups is 2. The highest BCUT2D eigenvalue weighted by Crippen LogP contribution is 2.60. The Kier molecular flexibility index (Phi) is 4.82. The zero-order valence-electron chi connectivity index (χ0n) is 20.4. The van der Waals surface area contributed by atoms with Crippen molar-refractivity contribution in [3.05, 3.63) is 123 Å². The lowest BCUT2D eigenvalue weighted by Crippen LogP contribution is -2.41. The Bertz CT molecular complexity index is 1540. The molecule has 4 aromatic rings. The highest BCUT2D eigenvalue weighted by Gasteiger charge is 2.61. The largest absolute Gasteiger partial charge is 0.316 e. The van der Waals surface area contributed by atoms with Gasteiger partial charge in [-0.25, -0.2) is 0 Å². The van der Waals surface area contributed by atoms with E-state index < -0.39 is 11.8 Å². The lowest BCUT2D eigenvalue weighted by molar-refractivity contribution is -0.139. The molecule has 6 heteroatoms. The van der Waals surface area contributed by atoms with Crippen molar-refractivity contribution in [2.75, 3.05) is 0 Å². The minimum absolute atomic E-state index is 0.135. The van der Waals surface area contributed by atoms with Gasteiger partial charge in [0, 0.05) is 28.8 Å². The molecule has 1 aliphatic heterocycles. The van der Waals surface area contributed by atoms with Crippen molar-refractivity contribution in [1.29, 1.82) is 0 Å². The summed E-state index contributed by atoms with van der Waals surface area (Å²) in [5.41, 5.74) is 8.26. The third-order valence-corrected chi connectivity index (χ3v) is 8.62. The number of aryl methyl sites for hydroxylation is 1. The maximum Gasteiger partial charge on any atom is 0.254 e. The van der Waals surface area contributed by atoms with E-state index in [0.29, 0.717) is 5.02 Å². The first-order valence-corrected chi connectivity index (χ1v) is 12.9. The van der Waals surface area contributed by atoms with E-state index in [-0.39, 0.29) is 23.7 Å². The zero-order chi connectivity index (χ0) is 25.4. The number of halogens is 1. The second-order valence-corrected chi connectivity index (χ2v) is 10.5. The summed E-state index contributed by atoms with van der Waals surface area (Å²) in [6, 6.07) is 26.1. The molecule has 3 aromatic carbocycles. The Labute approximate surface area is 220 Å². The Morgan fingerprint density at radius 2 is 1.24 bits per heavy atom. The van der Waals surface area contributed by atoms with E-state index in [1.54, 1.807) is 6.21 Å². The summed E-state index contributed by atoms with van der Waals surface area (Å²) in [6.07, 6.45) is 1.63. The number of benzene rings is 3. The van der Waals surface area contributed by atoms with Crippen LogP contribution in [0.5, 0.6) is 0 Å².